The van der Waals surface area contributed by atoms with Crippen molar-refractivity contribution in [2.45, 2.75) is 12.7 Å². The SMILES string of the molecule is COC(=O)[C@H]1CCO[C@@H]1OC. The van der Waals surface area contributed by atoms with Gasteiger partial charge in [-0.15, -0.1) is 0 Å². The van der Waals surface area contributed by atoms with Gasteiger partial charge in [-0.2, -0.15) is 0 Å². The van der Waals surface area contributed by atoms with Gasteiger partial charge in [0.25, 0.3) is 0 Å². The molecule has 0 bridgehead atoms. The zero-order valence-electron chi connectivity index (χ0n) is 6.70. The molecule has 0 aliphatic carbocycles. The van der Waals surface area contributed by atoms with E-state index in [1.807, 2.05) is 0 Å². The summed E-state index contributed by atoms with van der Waals surface area (Å²) in [7, 11) is 2.89. The summed E-state index contributed by atoms with van der Waals surface area (Å²) in [5.41, 5.74) is 0. The highest BCUT2D eigenvalue weighted by Crippen LogP contribution is 2.22. The van der Waals surface area contributed by atoms with Gasteiger partial charge in [0.1, 0.15) is 5.92 Å². The molecular weight excluding hydrogens is 148 g/mol. The van der Waals surface area contributed by atoms with Crippen LogP contribution in [0.2, 0.25) is 0 Å². The molecule has 2 atom stereocenters. The average Bonchev–Trinajstić information content (AvgIpc) is 2.50. The summed E-state index contributed by atoms with van der Waals surface area (Å²) in [6.45, 7) is 0.568. The fourth-order valence-corrected chi connectivity index (χ4v) is 1.18. The summed E-state index contributed by atoms with van der Waals surface area (Å²) in [6, 6.07) is 0. The van der Waals surface area contributed by atoms with Crippen LogP contribution in [-0.2, 0) is 19.0 Å². The van der Waals surface area contributed by atoms with E-state index in [9.17, 15) is 4.79 Å². The topological polar surface area (TPSA) is 44.8 Å². The summed E-state index contributed by atoms with van der Waals surface area (Å²) < 4.78 is 14.6. The molecule has 1 aliphatic heterocycles. The molecule has 1 fully saturated rings. The van der Waals surface area contributed by atoms with Crippen molar-refractivity contribution in [3.8, 4) is 0 Å². The molecule has 1 rings (SSSR count). The third kappa shape index (κ3) is 1.70. The van der Waals surface area contributed by atoms with E-state index in [4.69, 9.17) is 9.47 Å². The molecule has 0 aromatic heterocycles. The largest absolute Gasteiger partial charge is 0.469 e. The van der Waals surface area contributed by atoms with Gasteiger partial charge in [-0.1, -0.05) is 0 Å². The fourth-order valence-electron chi connectivity index (χ4n) is 1.18. The van der Waals surface area contributed by atoms with Crippen molar-refractivity contribution in [3.05, 3.63) is 0 Å². The quantitative estimate of drug-likeness (QED) is 0.540. The molecular formula is C7H12O4. The lowest BCUT2D eigenvalue weighted by molar-refractivity contribution is -0.161. The maximum absolute atomic E-state index is 11.0. The maximum Gasteiger partial charge on any atom is 0.313 e. The number of ether oxygens (including phenoxy) is 3. The minimum atomic E-state index is -0.414. The van der Waals surface area contributed by atoms with Crippen molar-refractivity contribution >= 4 is 5.97 Å². The molecule has 1 heterocycles. The van der Waals surface area contributed by atoms with Gasteiger partial charge < -0.3 is 14.2 Å². The molecule has 1 saturated heterocycles. The summed E-state index contributed by atoms with van der Waals surface area (Å²) in [5, 5.41) is 0. The van der Waals surface area contributed by atoms with E-state index >= 15 is 0 Å². The smallest absolute Gasteiger partial charge is 0.313 e. The van der Waals surface area contributed by atoms with Gasteiger partial charge in [-0.3, -0.25) is 4.79 Å². The van der Waals surface area contributed by atoms with E-state index in [0.29, 0.717) is 13.0 Å². The van der Waals surface area contributed by atoms with Gasteiger partial charge in [0.05, 0.1) is 13.7 Å². The van der Waals surface area contributed by atoms with Crippen LogP contribution in [0, 0.1) is 5.92 Å². The van der Waals surface area contributed by atoms with Crippen LogP contribution in [-0.4, -0.2) is 33.1 Å². The monoisotopic (exact) mass is 160 g/mol. The number of methoxy groups -OCH3 is 2. The van der Waals surface area contributed by atoms with Crippen LogP contribution in [0.15, 0.2) is 0 Å². The molecule has 0 spiro atoms. The van der Waals surface area contributed by atoms with Crippen LogP contribution in [0.1, 0.15) is 6.42 Å². The Kier molecular flexibility index (Phi) is 2.84. The highest BCUT2D eigenvalue weighted by Gasteiger charge is 2.34. The van der Waals surface area contributed by atoms with Crippen molar-refractivity contribution in [2.24, 2.45) is 5.92 Å². The molecule has 0 aromatic rings. The van der Waals surface area contributed by atoms with Gasteiger partial charge in [-0.25, -0.2) is 0 Å². The minimum Gasteiger partial charge on any atom is -0.469 e. The second kappa shape index (κ2) is 3.69. The second-order valence-electron chi connectivity index (χ2n) is 2.39. The van der Waals surface area contributed by atoms with Gasteiger partial charge in [0, 0.05) is 7.11 Å². The molecule has 0 N–H and O–H groups in total. The molecule has 0 saturated carbocycles. The molecule has 11 heavy (non-hydrogen) atoms. The van der Waals surface area contributed by atoms with Crippen LogP contribution in [0.25, 0.3) is 0 Å². The van der Waals surface area contributed by atoms with Crippen LogP contribution < -0.4 is 0 Å². The number of rotatable bonds is 2. The van der Waals surface area contributed by atoms with Crippen LogP contribution in [0.4, 0.5) is 0 Å². The Labute approximate surface area is 65.4 Å². The van der Waals surface area contributed by atoms with Gasteiger partial charge >= 0.3 is 5.97 Å². The summed E-state index contributed by atoms with van der Waals surface area (Å²) >= 11 is 0. The number of hydrogen-bond donors (Lipinski definition) is 0. The van der Waals surface area contributed by atoms with E-state index in [-0.39, 0.29) is 11.9 Å². The highest BCUT2D eigenvalue weighted by atomic mass is 16.7. The van der Waals surface area contributed by atoms with Crippen molar-refractivity contribution < 1.29 is 19.0 Å². The molecule has 64 valence electrons. The Bertz CT molecular complexity index is 145. The third-order valence-corrected chi connectivity index (χ3v) is 1.78. The first-order chi connectivity index (χ1) is 5.29. The Morgan fingerprint density at radius 1 is 1.55 bits per heavy atom. The first-order valence-corrected chi connectivity index (χ1v) is 3.52. The van der Waals surface area contributed by atoms with Crippen molar-refractivity contribution in [3.63, 3.8) is 0 Å². The fraction of sp³-hybridized carbons (Fsp3) is 0.857. The molecule has 4 nitrogen and oxygen atoms in total. The van der Waals surface area contributed by atoms with E-state index in [0.717, 1.165) is 0 Å². The minimum absolute atomic E-state index is 0.245. The maximum atomic E-state index is 11.0. The van der Waals surface area contributed by atoms with E-state index < -0.39 is 6.29 Å². The number of carbonyl (C=O) groups excluding carboxylic acids is 1. The van der Waals surface area contributed by atoms with Crippen molar-refractivity contribution in [1.82, 2.24) is 0 Å². The Morgan fingerprint density at radius 3 is 2.82 bits per heavy atom. The van der Waals surface area contributed by atoms with Crippen molar-refractivity contribution in [2.75, 3.05) is 20.8 Å². The van der Waals surface area contributed by atoms with Gasteiger partial charge in [-0.05, 0) is 6.42 Å². The molecule has 4 heteroatoms. The van der Waals surface area contributed by atoms with E-state index in [2.05, 4.69) is 4.74 Å². The highest BCUT2D eigenvalue weighted by molar-refractivity contribution is 5.72. The Balaban J connectivity index is 2.49. The lowest BCUT2D eigenvalue weighted by Crippen LogP contribution is -2.26. The normalized spacial score (nSPS) is 30.4. The van der Waals surface area contributed by atoms with E-state index in [1.165, 1.54) is 14.2 Å². The summed E-state index contributed by atoms with van der Waals surface area (Å²) in [6.07, 6.45) is 0.271. The second-order valence-corrected chi connectivity index (χ2v) is 2.39. The van der Waals surface area contributed by atoms with Gasteiger partial charge in [0.15, 0.2) is 6.29 Å². The van der Waals surface area contributed by atoms with Crippen LogP contribution >= 0.6 is 0 Å². The first-order valence-electron chi connectivity index (χ1n) is 3.52. The summed E-state index contributed by atoms with van der Waals surface area (Å²) in [5.74, 6) is -0.501. The molecule has 0 aromatic carbocycles. The zero-order chi connectivity index (χ0) is 8.27. The lowest BCUT2D eigenvalue weighted by Gasteiger charge is -2.13. The van der Waals surface area contributed by atoms with Crippen molar-refractivity contribution in [1.29, 1.82) is 0 Å². The summed E-state index contributed by atoms with van der Waals surface area (Å²) in [4.78, 5) is 11.0. The zero-order valence-corrected chi connectivity index (χ0v) is 6.70. The number of esters is 1. The Morgan fingerprint density at radius 2 is 2.27 bits per heavy atom. The molecule has 0 radical (unpaired) electrons. The standard InChI is InChI=1S/C7H12O4/c1-9-6(8)5-3-4-11-7(5)10-2/h5,7H,3-4H2,1-2H3/t5-,7+/m1/s1. The number of carbonyl (C=O) groups is 1. The predicted molar refractivity (Wildman–Crippen MR) is 36.9 cm³/mol. The molecule has 1 aliphatic rings. The molecule has 0 amide bonds. The number of hydrogen-bond acceptors (Lipinski definition) is 4. The van der Waals surface area contributed by atoms with Crippen LogP contribution in [0.5, 0.6) is 0 Å². The Hall–Kier alpha value is -0.610. The van der Waals surface area contributed by atoms with E-state index in [1.54, 1.807) is 0 Å². The van der Waals surface area contributed by atoms with Crippen LogP contribution in [0.3, 0.4) is 0 Å². The third-order valence-electron chi connectivity index (χ3n) is 1.78. The average molecular weight is 160 g/mol. The first kappa shape index (κ1) is 8.49. The van der Waals surface area contributed by atoms with Gasteiger partial charge in [0.2, 0.25) is 0 Å². The molecule has 0 unspecified atom stereocenters. The lowest BCUT2D eigenvalue weighted by atomic mass is 10.1. The predicted octanol–water partition coefficient (Wildman–Crippen LogP) is 0.168.